The Labute approximate surface area is 138 Å². The van der Waals surface area contributed by atoms with Crippen LogP contribution in [0.15, 0.2) is 24.3 Å². The van der Waals surface area contributed by atoms with Crippen molar-refractivity contribution in [1.29, 1.82) is 10.5 Å². The Balaban J connectivity index is 2.43. The molecular formula is C18H25N3O2. The van der Waals surface area contributed by atoms with Crippen LogP contribution in [0, 0.1) is 28.6 Å². The van der Waals surface area contributed by atoms with Gasteiger partial charge in [-0.25, -0.2) is 0 Å². The van der Waals surface area contributed by atoms with Crippen molar-refractivity contribution < 1.29 is 9.84 Å². The quantitative estimate of drug-likeness (QED) is 0.717. The molecule has 0 heterocycles. The third-order valence-corrected chi connectivity index (χ3v) is 3.28. The molecule has 0 aliphatic heterocycles. The number of hydrogen-bond donors (Lipinski definition) is 1. The van der Waals surface area contributed by atoms with Crippen molar-refractivity contribution in [3.05, 3.63) is 29.8 Å². The molecule has 0 saturated heterocycles. The molecule has 1 N–H and O–H groups in total. The number of nitrogens with zero attached hydrogens (tertiary/aromatic N) is 3. The summed E-state index contributed by atoms with van der Waals surface area (Å²) in [6.07, 6.45) is 0.235. The lowest BCUT2D eigenvalue weighted by Crippen LogP contribution is -2.38. The standard InChI is InChI=1S/C18H25N3O2/c1-15(2)12-21(11-3-9-19)13-17(22)14-23-18-6-4-16(5-7-18)8-10-20/h4-7,15,17,22H,3,8,11-14H2,1-2H3/t17-/m1/s1. The fourth-order valence-corrected chi connectivity index (χ4v) is 2.32. The number of hydrogen-bond acceptors (Lipinski definition) is 5. The van der Waals surface area contributed by atoms with Crippen LogP contribution >= 0.6 is 0 Å². The van der Waals surface area contributed by atoms with Crippen LogP contribution in [0.1, 0.15) is 25.8 Å². The number of ether oxygens (including phenoxy) is 1. The van der Waals surface area contributed by atoms with Crippen LogP contribution in [0.3, 0.4) is 0 Å². The summed E-state index contributed by atoms with van der Waals surface area (Å²) in [5.41, 5.74) is 0.944. The molecule has 0 unspecified atom stereocenters. The van der Waals surface area contributed by atoms with E-state index in [1.165, 1.54) is 0 Å². The lowest BCUT2D eigenvalue weighted by Gasteiger charge is -2.25. The molecule has 0 fully saturated rings. The second-order valence-electron chi connectivity index (χ2n) is 6.01. The van der Waals surface area contributed by atoms with E-state index >= 15 is 0 Å². The third kappa shape index (κ3) is 8.21. The van der Waals surface area contributed by atoms with E-state index in [2.05, 4.69) is 30.9 Å². The number of aliphatic hydroxyl groups excluding tert-OH is 1. The Morgan fingerprint density at radius 2 is 1.83 bits per heavy atom. The lowest BCUT2D eigenvalue weighted by molar-refractivity contribution is 0.0650. The number of rotatable bonds is 10. The molecule has 0 aliphatic rings. The third-order valence-electron chi connectivity index (χ3n) is 3.28. The molecular weight excluding hydrogens is 290 g/mol. The average molecular weight is 315 g/mol. The molecule has 23 heavy (non-hydrogen) atoms. The minimum atomic E-state index is -0.605. The first-order chi connectivity index (χ1) is 11.0. The van der Waals surface area contributed by atoms with E-state index in [1.807, 2.05) is 12.1 Å². The minimum absolute atomic E-state index is 0.207. The van der Waals surface area contributed by atoms with Gasteiger partial charge in [0, 0.05) is 26.1 Å². The van der Waals surface area contributed by atoms with Crippen LogP contribution in [0.25, 0.3) is 0 Å². The van der Waals surface area contributed by atoms with Crippen molar-refractivity contribution >= 4 is 0 Å². The van der Waals surface area contributed by atoms with E-state index < -0.39 is 6.10 Å². The van der Waals surface area contributed by atoms with Gasteiger partial charge >= 0.3 is 0 Å². The normalized spacial score (nSPS) is 12.0. The van der Waals surface area contributed by atoms with E-state index in [9.17, 15) is 5.11 Å². The molecule has 124 valence electrons. The lowest BCUT2D eigenvalue weighted by atomic mass is 10.1. The Morgan fingerprint density at radius 3 is 2.39 bits per heavy atom. The van der Waals surface area contributed by atoms with Gasteiger partial charge in [0.05, 0.1) is 18.6 Å². The summed E-state index contributed by atoms with van der Waals surface area (Å²) in [4.78, 5) is 2.10. The summed E-state index contributed by atoms with van der Waals surface area (Å²) in [6, 6.07) is 11.6. The Morgan fingerprint density at radius 1 is 1.13 bits per heavy atom. The molecule has 1 aromatic carbocycles. The zero-order chi connectivity index (χ0) is 17.1. The monoisotopic (exact) mass is 315 g/mol. The van der Waals surface area contributed by atoms with Crippen LogP contribution in [-0.4, -0.2) is 42.4 Å². The first-order valence-corrected chi connectivity index (χ1v) is 7.91. The van der Waals surface area contributed by atoms with Crippen LogP contribution in [0.2, 0.25) is 0 Å². The highest BCUT2D eigenvalue weighted by Gasteiger charge is 2.13. The van der Waals surface area contributed by atoms with Crippen LogP contribution in [0.5, 0.6) is 5.75 Å². The van der Waals surface area contributed by atoms with Crippen molar-refractivity contribution in [2.24, 2.45) is 5.92 Å². The van der Waals surface area contributed by atoms with E-state index in [-0.39, 0.29) is 6.61 Å². The molecule has 0 saturated carbocycles. The van der Waals surface area contributed by atoms with Gasteiger partial charge in [0.25, 0.3) is 0 Å². The van der Waals surface area contributed by atoms with Gasteiger partial charge in [-0.3, -0.25) is 4.90 Å². The highest BCUT2D eigenvalue weighted by atomic mass is 16.5. The summed E-state index contributed by atoms with van der Waals surface area (Å²) >= 11 is 0. The molecule has 0 bridgehead atoms. The fraction of sp³-hybridized carbons (Fsp3) is 0.556. The summed E-state index contributed by atoms with van der Waals surface area (Å²) < 4.78 is 5.59. The van der Waals surface area contributed by atoms with E-state index in [1.54, 1.807) is 12.1 Å². The van der Waals surface area contributed by atoms with Gasteiger partial charge in [-0.15, -0.1) is 0 Å². The highest BCUT2D eigenvalue weighted by Crippen LogP contribution is 2.13. The van der Waals surface area contributed by atoms with Crippen LogP contribution < -0.4 is 4.74 Å². The SMILES string of the molecule is CC(C)CN(CCC#N)C[C@@H](O)COc1ccc(CC#N)cc1. The van der Waals surface area contributed by atoms with Crippen LogP contribution in [0.4, 0.5) is 0 Å². The maximum absolute atomic E-state index is 10.1. The maximum atomic E-state index is 10.1. The van der Waals surface area contributed by atoms with Gasteiger partial charge in [-0.1, -0.05) is 26.0 Å². The Hall–Kier alpha value is -2.08. The van der Waals surface area contributed by atoms with Crippen molar-refractivity contribution in [2.45, 2.75) is 32.8 Å². The largest absolute Gasteiger partial charge is 0.491 e. The second-order valence-corrected chi connectivity index (χ2v) is 6.01. The number of nitriles is 2. The van der Waals surface area contributed by atoms with Gasteiger partial charge in [0.15, 0.2) is 0 Å². The number of aliphatic hydroxyl groups is 1. The summed E-state index contributed by atoms with van der Waals surface area (Å²) in [7, 11) is 0. The summed E-state index contributed by atoms with van der Waals surface area (Å²) in [5, 5.41) is 27.5. The van der Waals surface area contributed by atoms with Crippen molar-refractivity contribution in [2.75, 3.05) is 26.2 Å². The average Bonchev–Trinajstić information content (AvgIpc) is 2.52. The second kappa shape index (κ2) is 10.6. The highest BCUT2D eigenvalue weighted by molar-refractivity contribution is 5.28. The zero-order valence-corrected chi connectivity index (χ0v) is 13.9. The minimum Gasteiger partial charge on any atom is -0.491 e. The van der Waals surface area contributed by atoms with Crippen molar-refractivity contribution in [1.82, 2.24) is 4.90 Å². The first kappa shape index (κ1) is 19.0. The topological polar surface area (TPSA) is 80.3 Å². The molecule has 0 aromatic heterocycles. The summed E-state index contributed by atoms with van der Waals surface area (Å²) in [5.74, 6) is 1.16. The van der Waals surface area contributed by atoms with Crippen molar-refractivity contribution in [3.8, 4) is 17.9 Å². The predicted molar refractivity (Wildman–Crippen MR) is 88.8 cm³/mol. The molecule has 5 heteroatoms. The maximum Gasteiger partial charge on any atom is 0.119 e. The molecule has 0 radical (unpaired) electrons. The molecule has 0 amide bonds. The molecule has 1 atom stereocenters. The van der Waals surface area contributed by atoms with Crippen molar-refractivity contribution in [3.63, 3.8) is 0 Å². The Bertz CT molecular complexity index is 529. The van der Waals surface area contributed by atoms with Gasteiger partial charge in [-0.05, 0) is 23.6 Å². The van der Waals surface area contributed by atoms with E-state index in [0.29, 0.717) is 37.6 Å². The number of benzene rings is 1. The van der Waals surface area contributed by atoms with Gasteiger partial charge in [0.2, 0.25) is 0 Å². The smallest absolute Gasteiger partial charge is 0.119 e. The fourth-order valence-electron chi connectivity index (χ4n) is 2.32. The molecule has 1 rings (SSSR count). The van der Waals surface area contributed by atoms with Gasteiger partial charge in [0.1, 0.15) is 18.5 Å². The molecule has 1 aromatic rings. The van der Waals surface area contributed by atoms with Gasteiger partial charge < -0.3 is 9.84 Å². The van der Waals surface area contributed by atoms with E-state index in [0.717, 1.165) is 12.1 Å². The predicted octanol–water partition coefficient (Wildman–Crippen LogP) is 2.36. The first-order valence-electron chi connectivity index (χ1n) is 7.91. The molecule has 5 nitrogen and oxygen atoms in total. The van der Waals surface area contributed by atoms with Gasteiger partial charge in [-0.2, -0.15) is 10.5 Å². The van der Waals surface area contributed by atoms with Crippen LogP contribution in [-0.2, 0) is 6.42 Å². The zero-order valence-electron chi connectivity index (χ0n) is 13.9. The Kier molecular flexibility index (Phi) is 8.75. The summed E-state index contributed by atoms with van der Waals surface area (Å²) in [6.45, 7) is 6.44. The molecule has 0 aliphatic carbocycles. The van der Waals surface area contributed by atoms with E-state index in [4.69, 9.17) is 15.3 Å². The molecule has 0 spiro atoms.